The van der Waals surface area contributed by atoms with Gasteiger partial charge in [-0.15, -0.1) is 0 Å². The first kappa shape index (κ1) is 23.4. The molecule has 1 saturated heterocycles. The van der Waals surface area contributed by atoms with Crippen molar-refractivity contribution in [3.05, 3.63) is 59.7 Å². The molecule has 11 heteroatoms. The Labute approximate surface area is 194 Å². The van der Waals surface area contributed by atoms with Gasteiger partial charge in [0.1, 0.15) is 11.9 Å². The van der Waals surface area contributed by atoms with Gasteiger partial charge < -0.3 is 4.90 Å². The van der Waals surface area contributed by atoms with E-state index in [4.69, 9.17) is 0 Å². The maximum atomic E-state index is 13.0. The number of amidine groups is 1. The number of nitrogens with one attached hydrogen (secondary N) is 1. The molecule has 1 fully saturated rings. The maximum Gasteiger partial charge on any atom is 0.263 e. The van der Waals surface area contributed by atoms with Crippen LogP contribution in [0.4, 0.5) is 0 Å². The van der Waals surface area contributed by atoms with E-state index in [0.29, 0.717) is 25.1 Å². The van der Waals surface area contributed by atoms with Crippen LogP contribution in [-0.2, 0) is 24.8 Å². The van der Waals surface area contributed by atoms with Gasteiger partial charge in [-0.25, -0.2) is 16.8 Å². The summed E-state index contributed by atoms with van der Waals surface area (Å²) in [6.45, 7) is 4.64. The highest BCUT2D eigenvalue weighted by atomic mass is 32.2. The van der Waals surface area contributed by atoms with Crippen LogP contribution in [0.15, 0.2) is 63.3 Å². The highest BCUT2D eigenvalue weighted by Gasteiger charge is 2.33. The number of amides is 1. The minimum Gasteiger partial charge on any atom is -0.339 e. The van der Waals surface area contributed by atoms with Gasteiger partial charge in [-0.2, -0.15) is 4.31 Å². The summed E-state index contributed by atoms with van der Waals surface area (Å²) >= 11 is 0. The van der Waals surface area contributed by atoms with Crippen LogP contribution in [0.5, 0.6) is 0 Å². The van der Waals surface area contributed by atoms with Crippen LogP contribution >= 0.6 is 0 Å². The second kappa shape index (κ2) is 8.88. The van der Waals surface area contributed by atoms with Crippen LogP contribution < -0.4 is 4.72 Å². The highest BCUT2D eigenvalue weighted by molar-refractivity contribution is 7.90. The molecule has 33 heavy (non-hydrogen) atoms. The van der Waals surface area contributed by atoms with Crippen molar-refractivity contribution >= 4 is 31.8 Å². The van der Waals surface area contributed by atoms with Gasteiger partial charge in [0.25, 0.3) is 10.0 Å². The lowest BCUT2D eigenvalue weighted by Crippen LogP contribution is -2.41. The molecule has 4 rings (SSSR count). The number of nitrogens with zero attached hydrogens (tertiary/aromatic N) is 3. The van der Waals surface area contributed by atoms with E-state index < -0.39 is 26.1 Å². The van der Waals surface area contributed by atoms with Crippen LogP contribution in [0.25, 0.3) is 0 Å². The van der Waals surface area contributed by atoms with Crippen molar-refractivity contribution in [2.75, 3.05) is 26.2 Å². The molecule has 0 saturated carbocycles. The molecule has 2 aromatic rings. The van der Waals surface area contributed by atoms with Crippen molar-refractivity contribution in [3.8, 4) is 0 Å². The minimum atomic E-state index is -3.69. The zero-order chi connectivity index (χ0) is 23.8. The topological polar surface area (TPSA) is 116 Å². The monoisotopic (exact) mass is 490 g/mol. The lowest BCUT2D eigenvalue weighted by atomic mass is 10.2. The Kier molecular flexibility index (Phi) is 6.30. The number of fused-ring (bicyclic) bond motifs is 1. The second-order valence-corrected chi connectivity index (χ2v) is 11.7. The molecule has 9 nitrogen and oxygen atoms in total. The fraction of sp³-hybridized carbons (Fsp3) is 0.364. The van der Waals surface area contributed by atoms with Crippen molar-refractivity contribution in [1.29, 1.82) is 0 Å². The fourth-order valence-electron chi connectivity index (χ4n) is 3.96. The smallest absolute Gasteiger partial charge is 0.263 e. The highest BCUT2D eigenvalue weighted by Crippen LogP contribution is 2.23. The van der Waals surface area contributed by atoms with E-state index in [1.807, 2.05) is 6.92 Å². The summed E-state index contributed by atoms with van der Waals surface area (Å²) in [6, 6.07) is 12.4. The average Bonchev–Trinajstić information content (AvgIpc) is 2.93. The second-order valence-electron chi connectivity index (χ2n) is 8.15. The zero-order valence-electron chi connectivity index (χ0n) is 18.4. The summed E-state index contributed by atoms with van der Waals surface area (Å²) in [7, 11) is -7.33. The Bertz CT molecular complexity index is 1300. The molecule has 1 atom stereocenters. The molecule has 2 heterocycles. The molecule has 2 aromatic carbocycles. The predicted molar refractivity (Wildman–Crippen MR) is 124 cm³/mol. The molecule has 0 bridgehead atoms. The van der Waals surface area contributed by atoms with Gasteiger partial charge in [-0.05, 0) is 44.5 Å². The average molecular weight is 491 g/mol. The molecular formula is C22H26N4O5S2. The van der Waals surface area contributed by atoms with E-state index in [1.165, 1.54) is 10.4 Å². The summed E-state index contributed by atoms with van der Waals surface area (Å²) in [6.07, 6.45) is 0.496. The van der Waals surface area contributed by atoms with Crippen LogP contribution in [0.2, 0.25) is 0 Å². The minimum absolute atomic E-state index is 0.134. The zero-order valence-corrected chi connectivity index (χ0v) is 20.1. The molecule has 0 aromatic heterocycles. The third-order valence-corrected chi connectivity index (χ3v) is 9.08. The molecular weight excluding hydrogens is 464 g/mol. The first-order valence-corrected chi connectivity index (χ1v) is 13.6. The van der Waals surface area contributed by atoms with Gasteiger partial charge in [-0.1, -0.05) is 29.8 Å². The van der Waals surface area contributed by atoms with Crippen LogP contribution in [0.1, 0.15) is 24.5 Å². The summed E-state index contributed by atoms with van der Waals surface area (Å²) in [5.41, 5.74) is 1.41. The van der Waals surface area contributed by atoms with Crippen molar-refractivity contribution < 1.29 is 21.6 Å². The van der Waals surface area contributed by atoms with E-state index in [-0.39, 0.29) is 34.6 Å². The molecule has 176 valence electrons. The number of aliphatic imine (C=N–C) groups is 1. The van der Waals surface area contributed by atoms with Crippen LogP contribution in [0, 0.1) is 6.92 Å². The Morgan fingerprint density at radius 1 is 1.03 bits per heavy atom. The molecule has 1 N–H and O–H groups in total. The third-order valence-electron chi connectivity index (χ3n) is 5.77. The Balaban J connectivity index is 1.47. The standard InChI is InChI=1S/C22H26N4O5S2/c1-16-8-10-18(11-9-16)33(30,31)26-13-5-12-25(14-15-26)22(27)17(2)23-21-19-6-3-4-7-20(19)32(28,29)24-21/h3-4,6-11,17H,5,12-15H2,1-2H3,(H,23,24)/t17-/m0/s1. The van der Waals surface area contributed by atoms with Crippen LogP contribution in [-0.4, -0.2) is 70.0 Å². The maximum absolute atomic E-state index is 13.0. The number of carbonyl (C=O) groups excluding carboxylic acids is 1. The summed E-state index contributed by atoms with van der Waals surface area (Å²) in [5, 5.41) is 0. The Morgan fingerprint density at radius 3 is 2.45 bits per heavy atom. The van der Waals surface area contributed by atoms with Gasteiger partial charge in [0, 0.05) is 31.7 Å². The third kappa shape index (κ3) is 4.66. The SMILES string of the molecule is Cc1ccc(S(=O)(=O)N2CCCN(C(=O)[C@H](C)N=C3NS(=O)(=O)c4ccccc43)CC2)cc1. The van der Waals surface area contributed by atoms with E-state index in [1.54, 1.807) is 54.3 Å². The largest absolute Gasteiger partial charge is 0.339 e. The molecule has 0 aliphatic carbocycles. The lowest BCUT2D eigenvalue weighted by molar-refractivity contribution is -0.131. The summed E-state index contributed by atoms with van der Waals surface area (Å²) in [5.74, 6) is -0.134. The quantitative estimate of drug-likeness (QED) is 0.694. The molecule has 0 spiro atoms. The Hall–Kier alpha value is -2.76. The predicted octanol–water partition coefficient (Wildman–Crippen LogP) is 1.35. The normalized spacial score (nSPS) is 20.7. The first-order valence-electron chi connectivity index (χ1n) is 10.7. The Morgan fingerprint density at radius 2 is 1.73 bits per heavy atom. The number of carbonyl (C=O) groups is 1. The molecule has 2 aliphatic rings. The van der Waals surface area contributed by atoms with E-state index in [2.05, 4.69) is 9.71 Å². The molecule has 0 unspecified atom stereocenters. The van der Waals surface area contributed by atoms with Crippen LogP contribution in [0.3, 0.4) is 0 Å². The van der Waals surface area contributed by atoms with Gasteiger partial charge in [0.15, 0.2) is 0 Å². The van der Waals surface area contributed by atoms with Crippen molar-refractivity contribution in [2.45, 2.75) is 36.1 Å². The van der Waals surface area contributed by atoms with Gasteiger partial charge in [0.05, 0.1) is 9.79 Å². The number of sulfonamides is 2. The summed E-state index contributed by atoms with van der Waals surface area (Å²) in [4.78, 5) is 19.4. The fourth-order valence-corrected chi connectivity index (χ4v) is 6.67. The van der Waals surface area contributed by atoms with Crippen molar-refractivity contribution in [3.63, 3.8) is 0 Å². The number of hydrogen-bond donors (Lipinski definition) is 1. The molecule has 0 radical (unpaired) electrons. The van der Waals surface area contributed by atoms with E-state index in [0.717, 1.165) is 5.56 Å². The molecule has 1 amide bonds. The van der Waals surface area contributed by atoms with Crippen molar-refractivity contribution in [2.24, 2.45) is 4.99 Å². The first-order chi connectivity index (χ1) is 15.6. The number of rotatable bonds is 4. The number of benzene rings is 2. The van der Waals surface area contributed by atoms with E-state index >= 15 is 0 Å². The summed E-state index contributed by atoms with van der Waals surface area (Å²) < 4.78 is 54.4. The number of hydrogen-bond acceptors (Lipinski definition) is 6. The lowest BCUT2D eigenvalue weighted by Gasteiger charge is -2.23. The van der Waals surface area contributed by atoms with Gasteiger partial charge in [-0.3, -0.25) is 14.5 Å². The van der Waals surface area contributed by atoms with Gasteiger partial charge in [0.2, 0.25) is 15.9 Å². The molecule has 2 aliphatic heterocycles. The number of aryl methyl sites for hydroxylation is 1. The van der Waals surface area contributed by atoms with E-state index in [9.17, 15) is 21.6 Å². The van der Waals surface area contributed by atoms with Crippen molar-refractivity contribution in [1.82, 2.24) is 13.9 Å². The van der Waals surface area contributed by atoms with Gasteiger partial charge >= 0.3 is 0 Å².